The fourth-order valence-electron chi connectivity index (χ4n) is 2.79. The number of nitrogens with zero attached hydrogens (tertiary/aromatic N) is 4. The van der Waals surface area contributed by atoms with Crippen LogP contribution in [0.5, 0.6) is 0 Å². The number of pyridine rings is 1. The number of fused-ring (bicyclic) bond motifs is 1. The number of aryl methyl sites for hydroxylation is 2. The van der Waals surface area contributed by atoms with E-state index in [-0.39, 0.29) is 6.03 Å². The summed E-state index contributed by atoms with van der Waals surface area (Å²) in [5, 5.41) is 2.83. The summed E-state index contributed by atoms with van der Waals surface area (Å²) in [6.45, 7) is 3.68. The number of imidazole rings is 1. The Bertz CT molecular complexity index is 649. The van der Waals surface area contributed by atoms with E-state index in [0.717, 1.165) is 37.3 Å². The predicted molar refractivity (Wildman–Crippen MR) is 84.7 cm³/mol. The minimum atomic E-state index is -0.120. The fourth-order valence-corrected chi connectivity index (χ4v) is 2.79. The Labute approximate surface area is 130 Å². The highest BCUT2D eigenvalue weighted by Crippen LogP contribution is 2.20. The van der Waals surface area contributed by atoms with Gasteiger partial charge in [-0.3, -0.25) is 5.32 Å². The molecule has 0 unspecified atom stereocenters. The van der Waals surface area contributed by atoms with Crippen LogP contribution in [0.25, 0.3) is 0 Å². The first-order valence-electron chi connectivity index (χ1n) is 7.56. The van der Waals surface area contributed by atoms with Crippen LogP contribution in [0.3, 0.4) is 0 Å². The van der Waals surface area contributed by atoms with E-state index in [1.54, 1.807) is 11.1 Å². The van der Waals surface area contributed by atoms with Crippen molar-refractivity contribution < 1.29 is 4.79 Å². The van der Waals surface area contributed by atoms with Gasteiger partial charge in [0.1, 0.15) is 11.6 Å². The molecule has 0 radical (unpaired) electrons. The highest BCUT2D eigenvalue weighted by Gasteiger charge is 2.22. The van der Waals surface area contributed by atoms with Crippen LogP contribution in [0.15, 0.2) is 30.7 Å². The van der Waals surface area contributed by atoms with E-state index in [1.165, 1.54) is 0 Å². The molecule has 0 bridgehead atoms. The highest BCUT2D eigenvalue weighted by molar-refractivity contribution is 5.88. The molecule has 2 aromatic heterocycles. The first kappa shape index (κ1) is 14.6. The van der Waals surface area contributed by atoms with Crippen LogP contribution < -0.4 is 5.32 Å². The van der Waals surface area contributed by atoms with Crippen LogP contribution in [-0.4, -0.2) is 39.1 Å². The number of amides is 2. The number of hydrogen-bond donors (Lipinski definition) is 1. The molecule has 2 amide bonds. The fraction of sp³-hybridized carbons (Fsp3) is 0.438. The first-order valence-corrected chi connectivity index (χ1v) is 7.56. The molecule has 3 rings (SSSR count). The zero-order chi connectivity index (χ0) is 15.5. The molecule has 0 spiro atoms. The van der Waals surface area contributed by atoms with Crippen molar-refractivity contribution in [2.75, 3.05) is 18.9 Å². The van der Waals surface area contributed by atoms with Crippen molar-refractivity contribution in [3.8, 4) is 0 Å². The molecule has 0 fully saturated rings. The van der Waals surface area contributed by atoms with Crippen LogP contribution in [0.1, 0.15) is 17.8 Å². The monoisotopic (exact) mass is 299 g/mol. The van der Waals surface area contributed by atoms with Gasteiger partial charge in [0, 0.05) is 45.1 Å². The molecule has 1 aliphatic rings. The first-order chi connectivity index (χ1) is 10.6. The van der Waals surface area contributed by atoms with Gasteiger partial charge in [0.25, 0.3) is 0 Å². The van der Waals surface area contributed by atoms with Crippen LogP contribution in [0.4, 0.5) is 10.6 Å². The average Bonchev–Trinajstić information content (AvgIpc) is 2.97. The molecule has 0 saturated carbocycles. The summed E-state index contributed by atoms with van der Waals surface area (Å²) in [5.41, 5.74) is 1.07. The lowest BCUT2D eigenvalue weighted by atomic mass is 9.97. The Morgan fingerprint density at radius 3 is 3.09 bits per heavy atom. The van der Waals surface area contributed by atoms with E-state index in [1.807, 2.05) is 38.5 Å². The van der Waals surface area contributed by atoms with E-state index >= 15 is 0 Å². The minimum absolute atomic E-state index is 0.120. The lowest BCUT2D eigenvalue weighted by Gasteiger charge is -2.27. The molecule has 1 aliphatic heterocycles. The van der Waals surface area contributed by atoms with E-state index in [0.29, 0.717) is 11.7 Å². The van der Waals surface area contributed by atoms with Gasteiger partial charge in [-0.1, -0.05) is 6.07 Å². The summed E-state index contributed by atoms with van der Waals surface area (Å²) in [5.74, 6) is 2.16. The molecular weight excluding hydrogens is 278 g/mol. The van der Waals surface area contributed by atoms with Crippen LogP contribution >= 0.6 is 0 Å². The number of carbonyl (C=O) groups is 1. The van der Waals surface area contributed by atoms with Crippen molar-refractivity contribution in [1.29, 1.82) is 0 Å². The molecule has 6 heteroatoms. The SMILES string of the molecule is Cc1ccc(NC(=O)N(C)C[C@@H]2CCn3ccnc3C2)nc1. The maximum absolute atomic E-state index is 12.2. The van der Waals surface area contributed by atoms with Crippen molar-refractivity contribution in [3.05, 3.63) is 42.1 Å². The van der Waals surface area contributed by atoms with Gasteiger partial charge in [0.2, 0.25) is 0 Å². The summed E-state index contributed by atoms with van der Waals surface area (Å²) in [6, 6.07) is 3.63. The zero-order valence-corrected chi connectivity index (χ0v) is 13.0. The van der Waals surface area contributed by atoms with E-state index in [2.05, 4.69) is 19.9 Å². The third-order valence-electron chi connectivity index (χ3n) is 4.08. The molecule has 22 heavy (non-hydrogen) atoms. The van der Waals surface area contributed by atoms with Gasteiger partial charge in [0.15, 0.2) is 0 Å². The smallest absolute Gasteiger partial charge is 0.322 e. The number of aromatic nitrogens is 3. The molecular formula is C16H21N5O. The zero-order valence-electron chi connectivity index (χ0n) is 13.0. The van der Waals surface area contributed by atoms with Gasteiger partial charge in [0.05, 0.1) is 0 Å². The second-order valence-corrected chi connectivity index (χ2v) is 5.93. The van der Waals surface area contributed by atoms with Gasteiger partial charge in [-0.05, 0) is 30.9 Å². The predicted octanol–water partition coefficient (Wildman–Crippen LogP) is 2.31. The molecule has 0 aliphatic carbocycles. The molecule has 6 nitrogen and oxygen atoms in total. The molecule has 2 aromatic rings. The van der Waals surface area contributed by atoms with Gasteiger partial charge >= 0.3 is 6.03 Å². The molecule has 0 saturated heterocycles. The number of carbonyl (C=O) groups excluding carboxylic acids is 1. The number of anilines is 1. The van der Waals surface area contributed by atoms with Crippen molar-refractivity contribution in [2.24, 2.45) is 5.92 Å². The van der Waals surface area contributed by atoms with Crippen molar-refractivity contribution in [2.45, 2.75) is 26.3 Å². The largest absolute Gasteiger partial charge is 0.335 e. The van der Waals surface area contributed by atoms with Gasteiger partial charge < -0.3 is 9.47 Å². The van der Waals surface area contributed by atoms with E-state index < -0.39 is 0 Å². The lowest BCUT2D eigenvalue weighted by Crippen LogP contribution is -2.37. The summed E-state index contributed by atoms with van der Waals surface area (Å²) < 4.78 is 2.19. The molecule has 116 valence electrons. The van der Waals surface area contributed by atoms with Crippen LogP contribution in [0, 0.1) is 12.8 Å². The Kier molecular flexibility index (Phi) is 4.09. The third kappa shape index (κ3) is 3.27. The number of nitrogens with one attached hydrogen (secondary N) is 1. The maximum Gasteiger partial charge on any atom is 0.322 e. The second-order valence-electron chi connectivity index (χ2n) is 5.93. The quantitative estimate of drug-likeness (QED) is 0.946. The number of rotatable bonds is 3. The van der Waals surface area contributed by atoms with Crippen molar-refractivity contribution >= 4 is 11.8 Å². The van der Waals surface area contributed by atoms with E-state index in [9.17, 15) is 4.79 Å². The lowest BCUT2D eigenvalue weighted by molar-refractivity contribution is 0.207. The van der Waals surface area contributed by atoms with Crippen LogP contribution in [0.2, 0.25) is 0 Å². The summed E-state index contributed by atoms with van der Waals surface area (Å²) in [4.78, 5) is 22.5. The minimum Gasteiger partial charge on any atom is -0.335 e. The average molecular weight is 299 g/mol. The summed E-state index contributed by atoms with van der Waals surface area (Å²) in [7, 11) is 1.82. The Hall–Kier alpha value is -2.37. The van der Waals surface area contributed by atoms with Gasteiger partial charge in [-0.15, -0.1) is 0 Å². The molecule has 1 atom stereocenters. The van der Waals surface area contributed by atoms with Crippen LogP contribution in [-0.2, 0) is 13.0 Å². The van der Waals surface area contributed by atoms with Crippen molar-refractivity contribution in [3.63, 3.8) is 0 Å². The normalized spacial score (nSPS) is 16.9. The molecule has 3 heterocycles. The Morgan fingerprint density at radius 1 is 1.45 bits per heavy atom. The molecule has 0 aromatic carbocycles. The number of hydrogen-bond acceptors (Lipinski definition) is 3. The van der Waals surface area contributed by atoms with E-state index in [4.69, 9.17) is 0 Å². The Morgan fingerprint density at radius 2 is 2.32 bits per heavy atom. The summed E-state index contributed by atoms with van der Waals surface area (Å²) >= 11 is 0. The maximum atomic E-state index is 12.2. The highest BCUT2D eigenvalue weighted by atomic mass is 16.2. The Balaban J connectivity index is 1.54. The summed E-state index contributed by atoms with van der Waals surface area (Å²) in [6.07, 6.45) is 7.61. The second kappa shape index (κ2) is 6.17. The standard InChI is InChI=1S/C16H21N5O/c1-12-3-4-14(18-10-12)19-16(22)20(2)11-13-5-7-21-8-6-17-15(21)9-13/h3-4,6,8,10,13H,5,7,9,11H2,1-2H3,(H,18,19,22)/t13-/m1/s1. The van der Waals surface area contributed by atoms with Crippen molar-refractivity contribution in [1.82, 2.24) is 19.4 Å². The topological polar surface area (TPSA) is 63.1 Å². The molecule has 1 N–H and O–H groups in total. The van der Waals surface area contributed by atoms with Gasteiger partial charge in [-0.2, -0.15) is 0 Å². The number of urea groups is 1. The van der Waals surface area contributed by atoms with Gasteiger partial charge in [-0.25, -0.2) is 14.8 Å². The third-order valence-corrected chi connectivity index (χ3v) is 4.08.